The number of benzene rings is 1. The molecule has 2 saturated heterocycles. The number of rotatable bonds is 11. The van der Waals surface area contributed by atoms with Gasteiger partial charge >= 0.3 is 12.2 Å². The second kappa shape index (κ2) is 18.7. The Labute approximate surface area is 361 Å². The van der Waals surface area contributed by atoms with E-state index in [2.05, 4.69) is 61.4 Å². The molecule has 4 unspecified atom stereocenters. The molecular weight excluding hydrogens is 799 g/mol. The van der Waals surface area contributed by atoms with Crippen LogP contribution in [0.1, 0.15) is 101 Å². The molecule has 1 saturated carbocycles. The third-order valence-corrected chi connectivity index (χ3v) is 12.9. The molecule has 0 radical (unpaired) electrons. The number of halogens is 2. The quantitative estimate of drug-likeness (QED) is 0.152. The number of aromatic nitrogens is 4. The molecule has 4 amide bonds. The van der Waals surface area contributed by atoms with Gasteiger partial charge in [-0.25, -0.2) is 28.3 Å². The first kappa shape index (κ1) is 44.3. The molecule has 8 atom stereocenters. The maximum absolute atomic E-state index is 15.0. The number of H-pyrrole nitrogens is 2. The number of imidazole rings is 2. The van der Waals surface area contributed by atoms with Gasteiger partial charge in [-0.3, -0.25) is 9.59 Å². The van der Waals surface area contributed by atoms with Crippen LogP contribution in [-0.2, 0) is 19.1 Å². The van der Waals surface area contributed by atoms with Crippen LogP contribution in [-0.4, -0.2) is 105 Å². The predicted molar refractivity (Wildman–Crippen MR) is 229 cm³/mol. The lowest BCUT2D eigenvalue weighted by Gasteiger charge is -2.29. The summed E-state index contributed by atoms with van der Waals surface area (Å²) in [6.45, 7) is 11.6. The Morgan fingerprint density at radius 2 is 1.24 bits per heavy atom. The van der Waals surface area contributed by atoms with Crippen molar-refractivity contribution in [2.24, 2.45) is 23.7 Å². The normalized spacial score (nSPS) is 26.5. The van der Waals surface area contributed by atoms with Gasteiger partial charge in [0.1, 0.15) is 36.1 Å². The first-order valence-electron chi connectivity index (χ1n) is 21.5. The summed E-state index contributed by atoms with van der Waals surface area (Å²) in [6.07, 6.45) is 7.84. The van der Waals surface area contributed by atoms with Gasteiger partial charge in [-0.2, -0.15) is 0 Å². The molecule has 4 aliphatic rings. The first-order chi connectivity index (χ1) is 29.6. The smallest absolute Gasteiger partial charge is 0.407 e. The number of hydrogen-bond acceptors (Lipinski definition) is 8. The number of aromatic amines is 2. The average Bonchev–Trinajstić information content (AvgIpc) is 4.11. The van der Waals surface area contributed by atoms with E-state index >= 15 is 4.39 Å². The summed E-state index contributed by atoms with van der Waals surface area (Å²) in [5.41, 5.74) is 6.49. The van der Waals surface area contributed by atoms with E-state index in [9.17, 15) is 23.6 Å². The summed E-state index contributed by atoms with van der Waals surface area (Å²) < 4.78 is 39.4. The highest BCUT2D eigenvalue weighted by Gasteiger charge is 2.43. The molecule has 0 spiro atoms. The SMILES string of the molecule is C=C1/C(c2cnc(C3C[C@H](F)CN3C(=O)[C@@H](NC(=O)OC)C(C)C)[nH]2)=C\C=C(\c2ccc(-c3cnc(C4C[C@H](F)CN4C(=O)[C@@H](NC(=O)OC)C(C)C)[nH]3)cc2)CC2CCC1C2. The highest BCUT2D eigenvalue weighted by Crippen LogP contribution is 2.45. The fourth-order valence-electron chi connectivity index (χ4n) is 9.43. The lowest BCUT2D eigenvalue weighted by Crippen LogP contribution is -2.51. The van der Waals surface area contributed by atoms with Gasteiger partial charge in [-0.05, 0) is 71.6 Å². The number of allylic oxidation sites excluding steroid dienone is 5. The molecule has 4 heterocycles. The third kappa shape index (κ3) is 9.33. The zero-order chi connectivity index (χ0) is 44.4. The minimum absolute atomic E-state index is 0.0810. The van der Waals surface area contributed by atoms with Crippen LogP contribution in [0.5, 0.6) is 0 Å². The minimum Gasteiger partial charge on any atom is -0.453 e. The van der Waals surface area contributed by atoms with Crippen molar-refractivity contribution in [3.63, 3.8) is 0 Å². The largest absolute Gasteiger partial charge is 0.453 e. The summed E-state index contributed by atoms with van der Waals surface area (Å²) in [6, 6.07) is 5.16. The molecule has 7 rings (SSSR count). The number of alkyl carbamates (subject to hydrolysis) is 2. The summed E-state index contributed by atoms with van der Waals surface area (Å²) in [4.78, 5) is 70.4. The third-order valence-electron chi connectivity index (χ3n) is 12.9. The molecule has 1 aromatic carbocycles. The van der Waals surface area contributed by atoms with Gasteiger partial charge in [0, 0.05) is 18.4 Å². The number of carbonyl (C=O) groups is 4. The number of likely N-dealkylation sites (tertiary alicyclic amines) is 2. The van der Waals surface area contributed by atoms with Crippen LogP contribution in [0.15, 0.2) is 61.0 Å². The van der Waals surface area contributed by atoms with Crippen molar-refractivity contribution >= 4 is 35.1 Å². The molecule has 2 bridgehead atoms. The Balaban J connectivity index is 1.11. The number of fused-ring (bicyclic) bond motifs is 2. The van der Waals surface area contributed by atoms with Gasteiger partial charge in [0.25, 0.3) is 0 Å². The van der Waals surface area contributed by atoms with E-state index in [1.165, 1.54) is 29.6 Å². The maximum atomic E-state index is 15.0. The lowest BCUT2D eigenvalue weighted by molar-refractivity contribution is -0.136. The number of hydrogen-bond donors (Lipinski definition) is 4. The zero-order valence-corrected chi connectivity index (χ0v) is 36.3. The summed E-state index contributed by atoms with van der Waals surface area (Å²) in [5, 5.41) is 5.21. The van der Waals surface area contributed by atoms with E-state index in [0.717, 1.165) is 59.3 Å². The van der Waals surface area contributed by atoms with Crippen molar-refractivity contribution in [2.75, 3.05) is 27.3 Å². The van der Waals surface area contributed by atoms with Gasteiger partial charge in [-0.1, -0.05) is 70.7 Å². The molecule has 4 N–H and O–H groups in total. The fraction of sp³-hybridized carbons (Fsp3) is 0.522. The second-order valence-electron chi connectivity index (χ2n) is 17.7. The van der Waals surface area contributed by atoms with Crippen molar-refractivity contribution < 1.29 is 37.4 Å². The molecule has 2 aliphatic heterocycles. The van der Waals surface area contributed by atoms with Crippen molar-refractivity contribution in [3.8, 4) is 11.3 Å². The van der Waals surface area contributed by atoms with Crippen LogP contribution < -0.4 is 10.6 Å². The fourth-order valence-corrected chi connectivity index (χ4v) is 9.43. The monoisotopic (exact) mass is 856 g/mol. The Kier molecular flexibility index (Phi) is 13.3. The Morgan fingerprint density at radius 3 is 1.76 bits per heavy atom. The molecule has 62 heavy (non-hydrogen) atoms. The zero-order valence-electron chi connectivity index (χ0n) is 36.3. The highest BCUT2D eigenvalue weighted by molar-refractivity contribution is 5.87. The van der Waals surface area contributed by atoms with Crippen molar-refractivity contribution in [3.05, 3.63) is 83.9 Å². The molecule has 14 nitrogen and oxygen atoms in total. The van der Waals surface area contributed by atoms with Crippen molar-refractivity contribution in [2.45, 2.75) is 103 Å². The van der Waals surface area contributed by atoms with Crippen LogP contribution >= 0.6 is 0 Å². The molecule has 2 aromatic heterocycles. The second-order valence-corrected chi connectivity index (χ2v) is 17.7. The average molecular weight is 857 g/mol. The van der Waals surface area contributed by atoms with Gasteiger partial charge in [-0.15, -0.1) is 0 Å². The van der Waals surface area contributed by atoms with Gasteiger partial charge in [0.05, 0.1) is 63.2 Å². The number of nitrogens with zero attached hydrogens (tertiary/aromatic N) is 4. The van der Waals surface area contributed by atoms with Crippen LogP contribution in [0.3, 0.4) is 0 Å². The molecule has 3 fully saturated rings. The highest BCUT2D eigenvalue weighted by atomic mass is 19.1. The van der Waals surface area contributed by atoms with E-state index in [1.807, 2.05) is 39.8 Å². The Hall–Kier alpha value is -5.80. The number of amides is 4. The number of alkyl halides is 2. The van der Waals surface area contributed by atoms with E-state index in [0.29, 0.717) is 17.6 Å². The number of carbonyl (C=O) groups excluding carboxylic acids is 4. The summed E-state index contributed by atoms with van der Waals surface area (Å²) >= 11 is 0. The van der Waals surface area contributed by atoms with Crippen molar-refractivity contribution in [1.82, 2.24) is 40.4 Å². The van der Waals surface area contributed by atoms with Gasteiger partial charge < -0.3 is 39.9 Å². The van der Waals surface area contributed by atoms with E-state index in [1.54, 1.807) is 12.4 Å². The first-order valence-corrected chi connectivity index (χ1v) is 21.5. The van der Waals surface area contributed by atoms with E-state index < -0.39 is 60.5 Å². The van der Waals surface area contributed by atoms with E-state index in [-0.39, 0.29) is 43.7 Å². The van der Waals surface area contributed by atoms with Crippen LogP contribution in [0, 0.1) is 23.7 Å². The molecule has 16 heteroatoms. The maximum Gasteiger partial charge on any atom is 0.407 e. The molecule has 3 aromatic rings. The van der Waals surface area contributed by atoms with Gasteiger partial charge in [0.15, 0.2) is 0 Å². The topological polar surface area (TPSA) is 175 Å². The van der Waals surface area contributed by atoms with Crippen LogP contribution in [0.2, 0.25) is 0 Å². The van der Waals surface area contributed by atoms with Crippen LogP contribution in [0.25, 0.3) is 22.4 Å². The lowest BCUT2D eigenvalue weighted by atomic mass is 9.90. The van der Waals surface area contributed by atoms with Crippen molar-refractivity contribution in [1.29, 1.82) is 0 Å². The Morgan fingerprint density at radius 1 is 0.742 bits per heavy atom. The molecule has 332 valence electrons. The predicted octanol–water partition coefficient (Wildman–Crippen LogP) is 7.63. The van der Waals surface area contributed by atoms with E-state index in [4.69, 9.17) is 9.47 Å². The van der Waals surface area contributed by atoms with Crippen LogP contribution in [0.4, 0.5) is 18.4 Å². The number of nitrogens with one attached hydrogen (secondary N) is 4. The summed E-state index contributed by atoms with van der Waals surface area (Å²) in [7, 11) is 2.46. The standard InChI is InChI=1S/C46H58F2N8O6/c1-24(2)39(53-45(59)61-6)43(57)55-22-32(47)18-37(55)41-49-20-35(51-41)29-12-10-28(11-13-29)31-14-15-34(26(5)30-9-8-27(16-30)17-31)36-21-50-42(52-36)38-19-33(48)23-56(38)44(58)40(25(3)4)54-46(60)62-7/h10-15,20-21,24-25,27,30,32-33,37-40H,5,8-9,16-19,22-23H2,1-4,6-7H3,(H,49,51)(H,50,52)(H,53,59)(H,54,60)/b31-14+,34-15+/t27?,30?,32-,33-,37?,38?,39-,40-/m0/s1. The number of methoxy groups -OCH3 is 2. The van der Waals surface area contributed by atoms with Gasteiger partial charge in [0.2, 0.25) is 11.8 Å². The molecular formula is C46H58F2N8O6. The summed E-state index contributed by atoms with van der Waals surface area (Å²) in [5.74, 6) is 0.420. The molecule has 2 aliphatic carbocycles. The minimum atomic E-state index is -1.25. The number of ether oxygens (including phenoxy) is 2. The Bertz CT molecular complexity index is 2210.